The molecule has 6 rings (SSSR count). The molecule has 5 heterocycles. The predicted octanol–water partition coefficient (Wildman–Crippen LogP) is 1.82. The monoisotopic (exact) mass is 404 g/mol. The molecular weight excluding hydrogens is 380 g/mol. The lowest BCUT2D eigenvalue weighted by atomic mass is 10.1. The van der Waals surface area contributed by atoms with Crippen LogP contribution in [0.5, 0.6) is 0 Å². The van der Waals surface area contributed by atoms with Gasteiger partial charge in [-0.2, -0.15) is 4.98 Å². The van der Waals surface area contributed by atoms with Crippen LogP contribution in [0.1, 0.15) is 35.8 Å². The van der Waals surface area contributed by atoms with Crippen molar-refractivity contribution in [1.29, 1.82) is 0 Å². The number of nitrogens with zero attached hydrogens (tertiary/aromatic N) is 5. The highest BCUT2D eigenvalue weighted by molar-refractivity contribution is 5.99. The highest BCUT2D eigenvalue weighted by Crippen LogP contribution is 2.37. The minimum Gasteiger partial charge on any atom is -0.368 e. The zero-order valence-electron chi connectivity index (χ0n) is 16.6. The van der Waals surface area contributed by atoms with Crippen molar-refractivity contribution in [1.82, 2.24) is 30.2 Å². The summed E-state index contributed by atoms with van der Waals surface area (Å²) >= 11 is 0. The number of rotatable bonds is 3. The Labute approximate surface area is 173 Å². The third kappa shape index (κ3) is 2.88. The molecule has 0 aromatic carbocycles. The van der Waals surface area contributed by atoms with Gasteiger partial charge in [-0.25, -0.2) is 9.97 Å². The molecule has 3 aromatic rings. The van der Waals surface area contributed by atoms with Crippen LogP contribution in [0.3, 0.4) is 0 Å². The standard InChI is InChI=1S/C21H24N8O/c30-20-17-10-13-11-24-21(27-19(13)29(17)16-3-1-2-15(16)25-20)26-18-5-4-14(12-23-18)28-8-6-22-7-9-28/h4-5,10-12,15-16,22H,1-3,6-9H2,(H,25,30)(H,23,24,26,27)/t15?,16-/m0/s1. The molecule has 154 valence electrons. The van der Waals surface area contributed by atoms with E-state index in [0.717, 1.165) is 62.2 Å². The van der Waals surface area contributed by atoms with Gasteiger partial charge in [0.1, 0.15) is 17.2 Å². The van der Waals surface area contributed by atoms with Crippen LogP contribution in [0.15, 0.2) is 30.6 Å². The molecule has 1 amide bonds. The van der Waals surface area contributed by atoms with Gasteiger partial charge < -0.3 is 25.4 Å². The molecule has 3 N–H and O–H groups in total. The SMILES string of the molecule is O=C1NC2CCC[C@@H]2n2c1cc1cnc(Nc3ccc(N4CCNCC4)cn3)nc12. The van der Waals surface area contributed by atoms with Gasteiger partial charge >= 0.3 is 0 Å². The van der Waals surface area contributed by atoms with Gasteiger partial charge in [0.05, 0.1) is 24.0 Å². The number of pyridine rings is 1. The normalized spacial score (nSPS) is 23.2. The second-order valence-electron chi connectivity index (χ2n) is 8.21. The highest BCUT2D eigenvalue weighted by Gasteiger charge is 2.38. The van der Waals surface area contributed by atoms with E-state index in [0.29, 0.717) is 17.5 Å². The molecule has 1 saturated carbocycles. The van der Waals surface area contributed by atoms with Crippen LogP contribution in [0.25, 0.3) is 11.0 Å². The van der Waals surface area contributed by atoms with E-state index in [2.05, 4.69) is 41.5 Å². The van der Waals surface area contributed by atoms with Gasteiger partial charge in [0.2, 0.25) is 5.95 Å². The number of nitrogens with one attached hydrogen (secondary N) is 3. The third-order valence-corrected chi connectivity index (χ3v) is 6.41. The summed E-state index contributed by atoms with van der Waals surface area (Å²) in [7, 11) is 0. The summed E-state index contributed by atoms with van der Waals surface area (Å²) in [5.41, 5.74) is 2.61. The van der Waals surface area contributed by atoms with Crippen molar-refractivity contribution in [2.24, 2.45) is 0 Å². The van der Waals surface area contributed by atoms with E-state index >= 15 is 0 Å². The third-order valence-electron chi connectivity index (χ3n) is 6.41. The predicted molar refractivity (Wildman–Crippen MR) is 114 cm³/mol. The molecule has 1 saturated heterocycles. The second kappa shape index (κ2) is 6.94. The van der Waals surface area contributed by atoms with Gasteiger partial charge in [-0.3, -0.25) is 4.79 Å². The average molecular weight is 404 g/mol. The lowest BCUT2D eigenvalue weighted by Gasteiger charge is -2.29. The highest BCUT2D eigenvalue weighted by atomic mass is 16.2. The summed E-state index contributed by atoms with van der Waals surface area (Å²) in [5.74, 6) is 1.18. The van der Waals surface area contributed by atoms with E-state index in [9.17, 15) is 4.79 Å². The summed E-state index contributed by atoms with van der Waals surface area (Å²) in [6.45, 7) is 3.97. The lowest BCUT2D eigenvalue weighted by Crippen LogP contribution is -2.44. The molecular formula is C21H24N8O. The number of piperazine rings is 1. The van der Waals surface area contributed by atoms with Crippen molar-refractivity contribution >= 4 is 34.4 Å². The van der Waals surface area contributed by atoms with Gasteiger partial charge in [-0.15, -0.1) is 0 Å². The molecule has 0 spiro atoms. The van der Waals surface area contributed by atoms with Crippen molar-refractivity contribution in [3.05, 3.63) is 36.3 Å². The van der Waals surface area contributed by atoms with Crippen molar-refractivity contribution in [2.45, 2.75) is 31.3 Å². The minimum absolute atomic E-state index is 0.0178. The number of carbonyl (C=O) groups is 1. The van der Waals surface area contributed by atoms with Crippen LogP contribution < -0.4 is 20.9 Å². The van der Waals surface area contributed by atoms with Crippen molar-refractivity contribution in [2.75, 3.05) is 36.4 Å². The van der Waals surface area contributed by atoms with Gasteiger partial charge in [0.25, 0.3) is 5.91 Å². The quantitative estimate of drug-likeness (QED) is 0.612. The van der Waals surface area contributed by atoms with Gasteiger partial charge in [0.15, 0.2) is 0 Å². The van der Waals surface area contributed by atoms with Gasteiger partial charge in [-0.1, -0.05) is 0 Å². The number of carbonyl (C=O) groups excluding carboxylic acids is 1. The van der Waals surface area contributed by atoms with Crippen LogP contribution in [-0.2, 0) is 0 Å². The molecule has 30 heavy (non-hydrogen) atoms. The van der Waals surface area contributed by atoms with E-state index in [1.54, 1.807) is 6.20 Å². The molecule has 0 bridgehead atoms. The topological polar surface area (TPSA) is 100 Å². The fourth-order valence-electron chi connectivity index (χ4n) is 4.92. The Bertz CT molecular complexity index is 1100. The second-order valence-corrected chi connectivity index (χ2v) is 8.21. The van der Waals surface area contributed by atoms with E-state index in [1.165, 1.54) is 0 Å². The largest absolute Gasteiger partial charge is 0.368 e. The smallest absolute Gasteiger partial charge is 0.268 e. The maximum Gasteiger partial charge on any atom is 0.268 e. The van der Waals surface area contributed by atoms with E-state index in [-0.39, 0.29) is 18.0 Å². The van der Waals surface area contributed by atoms with Crippen molar-refractivity contribution in [3.63, 3.8) is 0 Å². The fourth-order valence-corrected chi connectivity index (χ4v) is 4.92. The molecule has 2 aliphatic heterocycles. The molecule has 1 aliphatic carbocycles. The Balaban J connectivity index is 1.29. The summed E-state index contributed by atoms with van der Waals surface area (Å²) in [6.07, 6.45) is 6.87. The Hall–Kier alpha value is -3.20. The van der Waals surface area contributed by atoms with Crippen LogP contribution in [0, 0.1) is 0 Å². The van der Waals surface area contributed by atoms with Crippen LogP contribution in [0.2, 0.25) is 0 Å². The van der Waals surface area contributed by atoms with Crippen molar-refractivity contribution in [3.8, 4) is 0 Å². The van der Waals surface area contributed by atoms with Gasteiger partial charge in [-0.05, 0) is 37.5 Å². The maximum atomic E-state index is 12.5. The minimum atomic E-state index is -0.0178. The lowest BCUT2D eigenvalue weighted by molar-refractivity contribution is 0.0891. The zero-order chi connectivity index (χ0) is 20.1. The molecule has 2 atom stereocenters. The summed E-state index contributed by atoms with van der Waals surface area (Å²) < 4.78 is 2.11. The first-order valence-corrected chi connectivity index (χ1v) is 10.6. The Morgan fingerprint density at radius 3 is 2.83 bits per heavy atom. The van der Waals surface area contributed by atoms with E-state index < -0.39 is 0 Å². The Morgan fingerprint density at radius 2 is 2.00 bits per heavy atom. The summed E-state index contributed by atoms with van der Waals surface area (Å²) in [5, 5.41) is 10.6. The number of fused-ring (bicyclic) bond motifs is 5. The Kier molecular flexibility index (Phi) is 4.08. The molecule has 3 aromatic heterocycles. The Morgan fingerprint density at radius 1 is 1.10 bits per heavy atom. The number of hydrogen-bond acceptors (Lipinski definition) is 7. The van der Waals surface area contributed by atoms with Crippen LogP contribution >= 0.6 is 0 Å². The van der Waals surface area contributed by atoms with Crippen molar-refractivity contribution < 1.29 is 4.79 Å². The van der Waals surface area contributed by atoms with E-state index in [1.807, 2.05) is 18.3 Å². The van der Waals surface area contributed by atoms with Crippen LogP contribution in [-0.4, -0.2) is 57.6 Å². The summed E-state index contributed by atoms with van der Waals surface area (Å²) in [6, 6.07) is 6.40. The van der Waals surface area contributed by atoms with E-state index in [4.69, 9.17) is 4.98 Å². The number of anilines is 3. The average Bonchev–Trinajstić information content (AvgIpc) is 3.39. The summed E-state index contributed by atoms with van der Waals surface area (Å²) in [4.78, 5) is 28.6. The maximum absolute atomic E-state index is 12.5. The number of amides is 1. The molecule has 0 radical (unpaired) electrons. The first-order chi connectivity index (χ1) is 14.8. The molecule has 2 fully saturated rings. The molecule has 9 nitrogen and oxygen atoms in total. The molecule has 1 unspecified atom stereocenters. The van der Waals surface area contributed by atoms with Crippen LogP contribution in [0.4, 0.5) is 17.5 Å². The zero-order valence-corrected chi connectivity index (χ0v) is 16.6. The first-order valence-electron chi connectivity index (χ1n) is 10.6. The number of aromatic nitrogens is 4. The van der Waals surface area contributed by atoms with Gasteiger partial charge in [0, 0.05) is 37.8 Å². The first kappa shape index (κ1) is 17.6. The molecule has 3 aliphatic rings. The molecule has 9 heteroatoms. The number of hydrogen-bond donors (Lipinski definition) is 3. The fraction of sp³-hybridized carbons (Fsp3) is 0.429.